The fourth-order valence-corrected chi connectivity index (χ4v) is 2.88. The minimum atomic E-state index is -0.123. The highest BCUT2D eigenvalue weighted by Gasteiger charge is 2.20. The maximum Gasteiger partial charge on any atom is 0.198 e. The predicted molar refractivity (Wildman–Crippen MR) is 96.4 cm³/mol. The highest BCUT2D eigenvalue weighted by atomic mass is 16.5. The molecule has 0 amide bonds. The van der Waals surface area contributed by atoms with Crippen LogP contribution in [0.5, 0.6) is 5.75 Å². The molecule has 0 saturated heterocycles. The standard InChI is InChI=1S/C20H17N3O3/c1-2-25-19-16(18(24)14-7-4-3-5-8-14)11-21-20-17(19)12-22-23(20)13-15-9-6-10-26-15/h3-12H,2,13H2,1H3. The average molecular weight is 347 g/mol. The normalized spacial score (nSPS) is 11.0. The quantitative estimate of drug-likeness (QED) is 0.497. The third kappa shape index (κ3) is 2.86. The van der Waals surface area contributed by atoms with E-state index in [1.807, 2.05) is 37.3 Å². The number of hydrogen-bond donors (Lipinski definition) is 0. The first kappa shape index (κ1) is 16.1. The molecule has 6 nitrogen and oxygen atoms in total. The number of rotatable bonds is 6. The molecule has 1 aromatic carbocycles. The van der Waals surface area contributed by atoms with Crippen LogP contribution in [0.15, 0.2) is 65.5 Å². The van der Waals surface area contributed by atoms with Gasteiger partial charge in [0.1, 0.15) is 18.1 Å². The molecule has 0 aliphatic heterocycles. The summed E-state index contributed by atoms with van der Waals surface area (Å²) in [5.41, 5.74) is 1.68. The van der Waals surface area contributed by atoms with Crippen LogP contribution >= 0.6 is 0 Å². The van der Waals surface area contributed by atoms with Gasteiger partial charge in [0.2, 0.25) is 0 Å². The highest BCUT2D eigenvalue weighted by Crippen LogP contribution is 2.30. The van der Waals surface area contributed by atoms with Crippen molar-refractivity contribution in [2.24, 2.45) is 0 Å². The Balaban J connectivity index is 1.80. The Morgan fingerprint density at radius 1 is 1.15 bits per heavy atom. The Kier molecular flexibility index (Phi) is 4.23. The molecular weight excluding hydrogens is 330 g/mol. The van der Waals surface area contributed by atoms with E-state index in [1.54, 1.807) is 35.5 Å². The summed E-state index contributed by atoms with van der Waals surface area (Å²) in [6.07, 6.45) is 4.86. The molecule has 0 saturated carbocycles. The van der Waals surface area contributed by atoms with Gasteiger partial charge in [-0.3, -0.25) is 4.79 Å². The summed E-state index contributed by atoms with van der Waals surface area (Å²) in [4.78, 5) is 17.4. The molecule has 0 fully saturated rings. The van der Waals surface area contributed by atoms with Gasteiger partial charge in [0.05, 0.1) is 30.0 Å². The van der Waals surface area contributed by atoms with Crippen LogP contribution in [0.25, 0.3) is 11.0 Å². The molecule has 0 radical (unpaired) electrons. The fourth-order valence-electron chi connectivity index (χ4n) is 2.88. The van der Waals surface area contributed by atoms with E-state index < -0.39 is 0 Å². The lowest BCUT2D eigenvalue weighted by Gasteiger charge is -2.11. The zero-order valence-electron chi connectivity index (χ0n) is 14.3. The molecule has 0 unspecified atom stereocenters. The molecule has 0 aliphatic carbocycles. The first-order valence-electron chi connectivity index (χ1n) is 8.37. The summed E-state index contributed by atoms with van der Waals surface area (Å²) >= 11 is 0. The van der Waals surface area contributed by atoms with E-state index in [1.165, 1.54) is 0 Å². The van der Waals surface area contributed by atoms with Crippen LogP contribution in [-0.4, -0.2) is 27.2 Å². The summed E-state index contributed by atoms with van der Waals surface area (Å²) in [7, 11) is 0. The van der Waals surface area contributed by atoms with Crippen LogP contribution in [0, 0.1) is 0 Å². The van der Waals surface area contributed by atoms with Crippen LogP contribution in [0.4, 0.5) is 0 Å². The molecule has 3 heterocycles. The topological polar surface area (TPSA) is 70.2 Å². The molecule has 6 heteroatoms. The van der Waals surface area contributed by atoms with Crippen molar-refractivity contribution in [3.05, 3.63) is 78.0 Å². The summed E-state index contributed by atoms with van der Waals surface area (Å²) in [6, 6.07) is 12.8. The predicted octanol–water partition coefficient (Wildman–Crippen LogP) is 3.70. The number of carbonyl (C=O) groups excluding carboxylic acids is 1. The number of fused-ring (bicyclic) bond motifs is 1. The molecule has 0 spiro atoms. The Morgan fingerprint density at radius 2 is 2.00 bits per heavy atom. The van der Waals surface area contributed by atoms with E-state index in [2.05, 4.69) is 10.1 Å². The summed E-state index contributed by atoms with van der Waals surface area (Å²) < 4.78 is 12.9. The Hall–Kier alpha value is -3.41. The molecule has 0 atom stereocenters. The highest BCUT2D eigenvalue weighted by molar-refractivity contribution is 6.12. The molecule has 0 bridgehead atoms. The SMILES string of the molecule is CCOc1c(C(=O)c2ccccc2)cnc2c1cnn2Cc1ccco1. The minimum absolute atomic E-state index is 0.123. The van der Waals surface area contributed by atoms with Gasteiger partial charge in [-0.15, -0.1) is 0 Å². The van der Waals surface area contributed by atoms with Gasteiger partial charge in [0.15, 0.2) is 11.4 Å². The number of hydrogen-bond acceptors (Lipinski definition) is 5. The van der Waals surface area contributed by atoms with E-state index in [9.17, 15) is 4.79 Å². The number of ketones is 1. The second-order valence-corrected chi connectivity index (χ2v) is 5.75. The maximum absolute atomic E-state index is 12.9. The molecule has 4 aromatic rings. The lowest BCUT2D eigenvalue weighted by atomic mass is 10.0. The van der Waals surface area contributed by atoms with Gasteiger partial charge in [-0.1, -0.05) is 30.3 Å². The lowest BCUT2D eigenvalue weighted by Crippen LogP contribution is -2.08. The zero-order valence-corrected chi connectivity index (χ0v) is 14.3. The molecule has 4 rings (SSSR count). The van der Waals surface area contributed by atoms with Crippen molar-refractivity contribution in [1.29, 1.82) is 0 Å². The van der Waals surface area contributed by atoms with E-state index in [-0.39, 0.29) is 5.78 Å². The van der Waals surface area contributed by atoms with Gasteiger partial charge in [-0.2, -0.15) is 5.10 Å². The molecule has 0 aliphatic rings. The number of furan rings is 1. The summed E-state index contributed by atoms with van der Waals surface area (Å²) in [5, 5.41) is 5.10. The van der Waals surface area contributed by atoms with Crippen molar-refractivity contribution >= 4 is 16.8 Å². The molecule has 0 N–H and O–H groups in total. The minimum Gasteiger partial charge on any atom is -0.492 e. The molecule has 130 valence electrons. The lowest BCUT2D eigenvalue weighted by molar-refractivity contribution is 0.103. The molecule has 26 heavy (non-hydrogen) atoms. The van der Waals surface area contributed by atoms with E-state index in [4.69, 9.17) is 9.15 Å². The number of aromatic nitrogens is 3. The van der Waals surface area contributed by atoms with E-state index in [0.29, 0.717) is 41.1 Å². The van der Waals surface area contributed by atoms with Gasteiger partial charge in [-0.05, 0) is 19.1 Å². The van der Waals surface area contributed by atoms with Crippen molar-refractivity contribution in [3.63, 3.8) is 0 Å². The Labute approximate surface area is 150 Å². The summed E-state index contributed by atoms with van der Waals surface area (Å²) in [6.45, 7) is 2.79. The van der Waals surface area contributed by atoms with Crippen LogP contribution in [0.1, 0.15) is 28.6 Å². The van der Waals surface area contributed by atoms with Crippen LogP contribution in [-0.2, 0) is 6.54 Å². The van der Waals surface area contributed by atoms with E-state index in [0.717, 1.165) is 5.76 Å². The van der Waals surface area contributed by atoms with Crippen molar-refractivity contribution in [2.45, 2.75) is 13.5 Å². The fraction of sp³-hybridized carbons (Fsp3) is 0.150. The van der Waals surface area contributed by atoms with E-state index >= 15 is 0 Å². The third-order valence-corrected chi connectivity index (χ3v) is 4.07. The monoisotopic (exact) mass is 347 g/mol. The third-order valence-electron chi connectivity index (χ3n) is 4.07. The van der Waals surface area contributed by atoms with Gasteiger partial charge in [0.25, 0.3) is 0 Å². The van der Waals surface area contributed by atoms with Gasteiger partial charge >= 0.3 is 0 Å². The Morgan fingerprint density at radius 3 is 2.73 bits per heavy atom. The van der Waals surface area contributed by atoms with Crippen molar-refractivity contribution in [3.8, 4) is 5.75 Å². The first-order valence-corrected chi connectivity index (χ1v) is 8.37. The van der Waals surface area contributed by atoms with Crippen LogP contribution in [0.3, 0.4) is 0 Å². The second kappa shape index (κ2) is 6.84. The number of pyridine rings is 1. The Bertz CT molecular complexity index is 1040. The van der Waals surface area contributed by atoms with Crippen molar-refractivity contribution in [2.75, 3.05) is 6.61 Å². The number of ether oxygens (including phenoxy) is 1. The van der Waals surface area contributed by atoms with Crippen molar-refractivity contribution in [1.82, 2.24) is 14.8 Å². The van der Waals surface area contributed by atoms with Crippen molar-refractivity contribution < 1.29 is 13.9 Å². The smallest absolute Gasteiger partial charge is 0.198 e. The van der Waals surface area contributed by atoms with Gasteiger partial charge in [0, 0.05) is 11.8 Å². The van der Waals surface area contributed by atoms with Gasteiger partial charge < -0.3 is 9.15 Å². The first-order chi connectivity index (χ1) is 12.8. The number of benzene rings is 1. The number of nitrogens with zero attached hydrogens (tertiary/aromatic N) is 3. The molecule has 3 aromatic heterocycles. The number of carbonyl (C=O) groups is 1. The van der Waals surface area contributed by atoms with Crippen LogP contribution in [0.2, 0.25) is 0 Å². The molecular formula is C20H17N3O3. The average Bonchev–Trinajstić information content (AvgIpc) is 3.33. The van der Waals surface area contributed by atoms with Crippen LogP contribution < -0.4 is 4.74 Å². The largest absolute Gasteiger partial charge is 0.492 e. The van der Waals surface area contributed by atoms with Gasteiger partial charge in [-0.25, -0.2) is 9.67 Å². The summed E-state index contributed by atoms with van der Waals surface area (Å²) in [5.74, 6) is 1.17. The maximum atomic E-state index is 12.9. The second-order valence-electron chi connectivity index (χ2n) is 5.75. The zero-order chi connectivity index (χ0) is 17.9.